The second-order valence-electron chi connectivity index (χ2n) is 6.02. The molecule has 2 fully saturated rings. The first-order chi connectivity index (χ1) is 10.3. The van der Waals surface area contributed by atoms with Gasteiger partial charge in [-0.25, -0.2) is 9.37 Å². The van der Waals surface area contributed by atoms with Crippen molar-refractivity contribution in [2.75, 3.05) is 26.2 Å². The smallest absolute Gasteiger partial charge is 0.226 e. The van der Waals surface area contributed by atoms with Crippen LogP contribution < -0.4 is 5.32 Å². The lowest BCUT2D eigenvalue weighted by Gasteiger charge is -2.14. The Morgan fingerprint density at radius 1 is 1.19 bits per heavy atom. The minimum atomic E-state index is -0.247. The fraction of sp³-hybridized carbons (Fsp3) is 0.438. The third kappa shape index (κ3) is 2.59. The number of nitrogens with one attached hydrogen (secondary N) is 1. The molecular formula is C16H18FN3O. The van der Waals surface area contributed by atoms with Crippen LogP contribution >= 0.6 is 0 Å². The highest BCUT2D eigenvalue weighted by atomic mass is 19.1. The first-order valence-corrected chi connectivity index (χ1v) is 7.41. The molecule has 0 radical (unpaired) electrons. The van der Waals surface area contributed by atoms with Crippen LogP contribution in [0.2, 0.25) is 0 Å². The van der Waals surface area contributed by atoms with Crippen LogP contribution in [-0.2, 0) is 6.54 Å². The number of aromatic nitrogens is 1. The lowest BCUT2D eigenvalue weighted by molar-refractivity contribution is 0.302. The van der Waals surface area contributed by atoms with Gasteiger partial charge in [0.15, 0.2) is 0 Å². The highest BCUT2D eigenvalue weighted by molar-refractivity contribution is 5.52. The van der Waals surface area contributed by atoms with E-state index < -0.39 is 0 Å². The van der Waals surface area contributed by atoms with Crippen molar-refractivity contribution in [1.82, 2.24) is 15.2 Å². The Bertz CT molecular complexity index is 613. The molecule has 21 heavy (non-hydrogen) atoms. The summed E-state index contributed by atoms with van der Waals surface area (Å²) in [5, 5.41) is 3.45. The number of hydrogen-bond donors (Lipinski definition) is 1. The second kappa shape index (κ2) is 5.24. The van der Waals surface area contributed by atoms with Gasteiger partial charge in [-0.1, -0.05) is 0 Å². The third-order valence-electron chi connectivity index (χ3n) is 4.49. The minimum absolute atomic E-state index is 0.247. The Kier molecular flexibility index (Phi) is 3.24. The number of nitrogens with zero attached hydrogens (tertiary/aromatic N) is 2. The summed E-state index contributed by atoms with van der Waals surface area (Å²) in [6, 6.07) is 6.23. The van der Waals surface area contributed by atoms with E-state index in [2.05, 4.69) is 15.2 Å². The zero-order valence-electron chi connectivity index (χ0n) is 11.8. The maximum absolute atomic E-state index is 12.9. The van der Waals surface area contributed by atoms with Gasteiger partial charge in [0.2, 0.25) is 5.89 Å². The maximum atomic E-state index is 12.9. The fourth-order valence-electron chi connectivity index (χ4n) is 3.42. The largest absolute Gasteiger partial charge is 0.444 e. The monoisotopic (exact) mass is 287 g/mol. The van der Waals surface area contributed by atoms with E-state index in [9.17, 15) is 4.39 Å². The van der Waals surface area contributed by atoms with Crippen LogP contribution in [0.5, 0.6) is 0 Å². The van der Waals surface area contributed by atoms with Crippen LogP contribution in [0, 0.1) is 17.7 Å². The maximum Gasteiger partial charge on any atom is 0.226 e. The van der Waals surface area contributed by atoms with Crippen molar-refractivity contribution in [3.8, 4) is 11.5 Å². The van der Waals surface area contributed by atoms with E-state index in [-0.39, 0.29) is 5.82 Å². The van der Waals surface area contributed by atoms with Crippen molar-refractivity contribution >= 4 is 0 Å². The number of rotatable bonds is 3. The molecule has 1 aromatic carbocycles. The van der Waals surface area contributed by atoms with Gasteiger partial charge in [-0.3, -0.25) is 4.90 Å². The molecule has 4 rings (SSSR count). The topological polar surface area (TPSA) is 41.3 Å². The SMILES string of the molecule is Fc1ccc(-c2nc(CN3C[C@H]4CNC[C@H]4C3)co2)cc1. The first kappa shape index (κ1) is 13.0. The molecule has 1 N–H and O–H groups in total. The number of benzene rings is 1. The number of likely N-dealkylation sites (tertiary alicyclic amines) is 1. The molecule has 2 aromatic rings. The highest BCUT2D eigenvalue weighted by Gasteiger charge is 2.36. The zero-order chi connectivity index (χ0) is 14.2. The van der Waals surface area contributed by atoms with Crippen molar-refractivity contribution in [3.63, 3.8) is 0 Å². The first-order valence-electron chi connectivity index (χ1n) is 7.41. The predicted octanol–water partition coefficient (Wildman–Crippen LogP) is 2.13. The lowest BCUT2D eigenvalue weighted by atomic mass is 10.0. The van der Waals surface area contributed by atoms with Crippen LogP contribution in [0.15, 0.2) is 34.9 Å². The van der Waals surface area contributed by atoms with Crippen molar-refractivity contribution in [2.24, 2.45) is 11.8 Å². The van der Waals surface area contributed by atoms with Gasteiger partial charge in [-0.2, -0.15) is 0 Å². The Labute approximate surface area is 123 Å². The molecule has 0 unspecified atom stereocenters. The zero-order valence-corrected chi connectivity index (χ0v) is 11.8. The van der Waals surface area contributed by atoms with E-state index in [1.807, 2.05) is 0 Å². The molecular weight excluding hydrogens is 269 g/mol. The van der Waals surface area contributed by atoms with Gasteiger partial charge in [-0.15, -0.1) is 0 Å². The standard InChI is InChI=1S/C16H18FN3O/c17-14-3-1-11(2-4-14)16-19-15(10-21-16)9-20-7-12-5-18-6-13(12)8-20/h1-4,10,12-13,18H,5-9H2/t12-,13+. The molecule has 2 aliphatic heterocycles. The number of oxazole rings is 1. The average molecular weight is 287 g/mol. The van der Waals surface area contributed by atoms with E-state index in [4.69, 9.17) is 4.42 Å². The van der Waals surface area contributed by atoms with Crippen LogP contribution in [0.4, 0.5) is 4.39 Å². The summed E-state index contributed by atoms with van der Waals surface area (Å²) < 4.78 is 18.5. The molecule has 0 amide bonds. The lowest BCUT2D eigenvalue weighted by Crippen LogP contribution is -2.25. The second-order valence-corrected chi connectivity index (χ2v) is 6.02. The van der Waals surface area contributed by atoms with Gasteiger partial charge < -0.3 is 9.73 Å². The number of fused-ring (bicyclic) bond motifs is 1. The van der Waals surface area contributed by atoms with Crippen LogP contribution in [0.3, 0.4) is 0 Å². The van der Waals surface area contributed by atoms with Crippen molar-refractivity contribution in [2.45, 2.75) is 6.54 Å². The molecule has 2 aliphatic rings. The summed E-state index contributed by atoms with van der Waals surface area (Å²) >= 11 is 0. The molecule has 4 nitrogen and oxygen atoms in total. The summed E-state index contributed by atoms with van der Waals surface area (Å²) in [5.74, 6) is 1.88. The van der Waals surface area contributed by atoms with Crippen molar-refractivity contribution in [3.05, 3.63) is 42.0 Å². The van der Waals surface area contributed by atoms with Gasteiger partial charge in [0.05, 0.1) is 5.69 Å². The van der Waals surface area contributed by atoms with E-state index in [1.54, 1.807) is 18.4 Å². The molecule has 2 atom stereocenters. The molecule has 2 saturated heterocycles. The molecule has 0 aliphatic carbocycles. The van der Waals surface area contributed by atoms with E-state index in [0.29, 0.717) is 5.89 Å². The number of halogens is 1. The molecule has 3 heterocycles. The minimum Gasteiger partial charge on any atom is -0.444 e. The molecule has 1 aromatic heterocycles. The van der Waals surface area contributed by atoms with Gasteiger partial charge in [0.25, 0.3) is 0 Å². The van der Waals surface area contributed by atoms with E-state index in [1.165, 1.54) is 12.1 Å². The van der Waals surface area contributed by atoms with E-state index in [0.717, 1.165) is 55.8 Å². The Morgan fingerprint density at radius 2 is 1.90 bits per heavy atom. The van der Waals surface area contributed by atoms with Gasteiger partial charge in [-0.05, 0) is 49.2 Å². The Balaban J connectivity index is 1.44. The van der Waals surface area contributed by atoms with Gasteiger partial charge in [0.1, 0.15) is 12.1 Å². The quantitative estimate of drug-likeness (QED) is 0.939. The summed E-state index contributed by atoms with van der Waals surface area (Å²) in [5.41, 5.74) is 1.76. The van der Waals surface area contributed by atoms with Gasteiger partial charge in [0, 0.05) is 25.2 Å². The van der Waals surface area contributed by atoms with E-state index >= 15 is 0 Å². The summed E-state index contributed by atoms with van der Waals surface area (Å²) in [4.78, 5) is 6.97. The fourth-order valence-corrected chi connectivity index (χ4v) is 3.42. The average Bonchev–Trinajstić information content (AvgIpc) is 3.16. The Morgan fingerprint density at radius 3 is 2.62 bits per heavy atom. The predicted molar refractivity (Wildman–Crippen MR) is 77.0 cm³/mol. The summed E-state index contributed by atoms with van der Waals surface area (Å²) in [6.45, 7) is 5.38. The molecule has 110 valence electrons. The summed E-state index contributed by atoms with van der Waals surface area (Å²) in [6.07, 6.45) is 1.71. The molecule has 0 saturated carbocycles. The van der Waals surface area contributed by atoms with Crippen LogP contribution in [0.25, 0.3) is 11.5 Å². The Hall–Kier alpha value is -1.72. The molecule has 5 heteroatoms. The van der Waals surface area contributed by atoms with Gasteiger partial charge >= 0.3 is 0 Å². The normalized spacial score (nSPS) is 25.4. The van der Waals surface area contributed by atoms with Crippen molar-refractivity contribution in [1.29, 1.82) is 0 Å². The van der Waals surface area contributed by atoms with Crippen molar-refractivity contribution < 1.29 is 8.81 Å². The molecule has 0 spiro atoms. The summed E-state index contributed by atoms with van der Waals surface area (Å²) in [7, 11) is 0. The number of hydrogen-bond acceptors (Lipinski definition) is 4. The molecule has 0 bridgehead atoms. The van der Waals surface area contributed by atoms with Crippen LogP contribution in [-0.4, -0.2) is 36.1 Å². The van der Waals surface area contributed by atoms with Crippen LogP contribution in [0.1, 0.15) is 5.69 Å². The highest BCUT2D eigenvalue weighted by Crippen LogP contribution is 2.28. The third-order valence-corrected chi connectivity index (χ3v) is 4.49.